The van der Waals surface area contributed by atoms with Gasteiger partial charge in [0.05, 0.1) is 4.47 Å². The lowest BCUT2D eigenvalue weighted by molar-refractivity contribution is 0.0686. The highest BCUT2D eigenvalue weighted by molar-refractivity contribution is 9.10. The van der Waals surface area contributed by atoms with E-state index < -0.39 is 5.97 Å². The summed E-state index contributed by atoms with van der Waals surface area (Å²) in [7, 11) is 0. The number of ether oxygens (including phenoxy) is 2. The number of aromatic carboxylic acids is 1. The van der Waals surface area contributed by atoms with E-state index in [1.54, 1.807) is 6.07 Å². The molecule has 0 amide bonds. The second kappa shape index (κ2) is 3.45. The van der Waals surface area contributed by atoms with Crippen LogP contribution in [0.4, 0.5) is 0 Å². The monoisotopic (exact) mass is 259 g/mol. The van der Waals surface area contributed by atoms with Gasteiger partial charge < -0.3 is 14.6 Å². The molecule has 0 aliphatic carbocycles. The van der Waals surface area contributed by atoms with Crippen LogP contribution in [0.15, 0.2) is 10.5 Å². The molecule has 0 spiro atoms. The van der Waals surface area contributed by atoms with Gasteiger partial charge in [0.25, 0.3) is 5.88 Å². The topological polar surface area (TPSA) is 68.7 Å². The van der Waals surface area contributed by atoms with E-state index in [0.29, 0.717) is 23.4 Å². The summed E-state index contributed by atoms with van der Waals surface area (Å²) in [4.78, 5) is 14.5. The van der Waals surface area contributed by atoms with E-state index in [0.717, 1.165) is 0 Å². The van der Waals surface area contributed by atoms with Crippen molar-refractivity contribution in [3.8, 4) is 11.6 Å². The maximum atomic E-state index is 10.7. The standard InChI is InChI=1S/C8H6BrNO4/c9-4-3-5-7(14-2-1-13-5)10-6(4)8(11)12/h3H,1-2H2,(H,11,12). The Kier molecular flexibility index (Phi) is 2.28. The van der Waals surface area contributed by atoms with Crippen molar-refractivity contribution in [1.29, 1.82) is 0 Å². The predicted molar refractivity (Wildman–Crippen MR) is 49.9 cm³/mol. The number of rotatable bonds is 1. The Hall–Kier alpha value is -1.30. The molecule has 0 aromatic carbocycles. The van der Waals surface area contributed by atoms with Crippen LogP contribution in [0.5, 0.6) is 11.6 Å². The molecule has 1 aromatic rings. The highest BCUT2D eigenvalue weighted by Gasteiger charge is 2.19. The number of carboxylic acid groups (broad SMARTS) is 1. The Morgan fingerprint density at radius 3 is 2.93 bits per heavy atom. The van der Waals surface area contributed by atoms with E-state index in [4.69, 9.17) is 14.6 Å². The maximum Gasteiger partial charge on any atom is 0.355 e. The van der Waals surface area contributed by atoms with E-state index in [9.17, 15) is 4.79 Å². The fourth-order valence-electron chi connectivity index (χ4n) is 1.10. The summed E-state index contributed by atoms with van der Waals surface area (Å²) >= 11 is 3.10. The molecule has 14 heavy (non-hydrogen) atoms. The number of hydrogen-bond acceptors (Lipinski definition) is 4. The Labute approximate surface area is 87.8 Å². The summed E-state index contributed by atoms with van der Waals surface area (Å²) < 4.78 is 10.8. The van der Waals surface area contributed by atoms with E-state index in [2.05, 4.69) is 20.9 Å². The van der Waals surface area contributed by atoms with Gasteiger partial charge in [0.15, 0.2) is 11.4 Å². The van der Waals surface area contributed by atoms with Crippen LogP contribution in [0.3, 0.4) is 0 Å². The molecule has 0 bridgehead atoms. The number of halogens is 1. The van der Waals surface area contributed by atoms with Gasteiger partial charge in [-0.3, -0.25) is 0 Å². The first-order chi connectivity index (χ1) is 6.68. The minimum atomic E-state index is -1.10. The highest BCUT2D eigenvalue weighted by Crippen LogP contribution is 2.32. The highest BCUT2D eigenvalue weighted by atomic mass is 79.9. The molecule has 1 aliphatic rings. The second-order valence-corrected chi connectivity index (χ2v) is 3.48. The first kappa shape index (κ1) is 9.26. The number of fused-ring (bicyclic) bond motifs is 1. The van der Waals surface area contributed by atoms with Crippen LogP contribution < -0.4 is 9.47 Å². The van der Waals surface area contributed by atoms with Crippen LogP contribution in [0, 0.1) is 0 Å². The molecule has 0 atom stereocenters. The molecule has 0 saturated carbocycles. The van der Waals surface area contributed by atoms with Crippen molar-refractivity contribution in [2.75, 3.05) is 13.2 Å². The van der Waals surface area contributed by atoms with Crippen molar-refractivity contribution in [3.05, 3.63) is 16.2 Å². The summed E-state index contributed by atoms with van der Waals surface area (Å²) in [6, 6.07) is 1.55. The molecular formula is C8H6BrNO4. The van der Waals surface area contributed by atoms with Gasteiger partial charge >= 0.3 is 5.97 Å². The van der Waals surface area contributed by atoms with Crippen LogP contribution in [0.25, 0.3) is 0 Å². The number of aromatic nitrogens is 1. The van der Waals surface area contributed by atoms with E-state index in [1.165, 1.54) is 0 Å². The number of pyridine rings is 1. The average Bonchev–Trinajstić information content (AvgIpc) is 2.16. The van der Waals surface area contributed by atoms with Crippen molar-refractivity contribution < 1.29 is 19.4 Å². The van der Waals surface area contributed by atoms with Crippen LogP contribution in [0.1, 0.15) is 10.5 Å². The lowest BCUT2D eigenvalue weighted by Gasteiger charge is -2.17. The van der Waals surface area contributed by atoms with E-state index >= 15 is 0 Å². The Bertz CT molecular complexity index is 393. The molecule has 0 radical (unpaired) electrons. The van der Waals surface area contributed by atoms with Gasteiger partial charge in [-0.2, -0.15) is 0 Å². The Morgan fingerprint density at radius 1 is 1.50 bits per heavy atom. The summed E-state index contributed by atoms with van der Waals surface area (Å²) in [5.41, 5.74) is -0.0748. The van der Waals surface area contributed by atoms with Gasteiger partial charge in [-0.15, -0.1) is 0 Å². The number of hydrogen-bond donors (Lipinski definition) is 1. The first-order valence-electron chi connectivity index (χ1n) is 3.88. The van der Waals surface area contributed by atoms with Gasteiger partial charge in [0.2, 0.25) is 0 Å². The quantitative estimate of drug-likeness (QED) is 0.824. The molecule has 2 heterocycles. The lowest BCUT2D eigenvalue weighted by atomic mass is 10.3. The second-order valence-electron chi connectivity index (χ2n) is 2.62. The summed E-state index contributed by atoms with van der Waals surface area (Å²) in [6.07, 6.45) is 0. The van der Waals surface area contributed by atoms with Crippen LogP contribution in [-0.4, -0.2) is 29.3 Å². The normalized spacial score (nSPS) is 13.8. The average molecular weight is 260 g/mol. The predicted octanol–water partition coefficient (Wildman–Crippen LogP) is 1.31. The van der Waals surface area contributed by atoms with Crippen LogP contribution in [0.2, 0.25) is 0 Å². The Balaban J connectivity index is 2.50. The third kappa shape index (κ3) is 1.52. The minimum absolute atomic E-state index is 0.0748. The minimum Gasteiger partial charge on any atom is -0.484 e. The Morgan fingerprint density at radius 2 is 2.21 bits per heavy atom. The lowest BCUT2D eigenvalue weighted by Crippen LogP contribution is -2.17. The van der Waals surface area contributed by atoms with E-state index in [-0.39, 0.29) is 11.6 Å². The molecule has 0 fully saturated rings. The fourth-order valence-corrected chi connectivity index (χ4v) is 1.57. The number of carboxylic acids is 1. The van der Waals surface area contributed by atoms with Gasteiger partial charge in [-0.25, -0.2) is 9.78 Å². The number of carbonyl (C=O) groups is 1. The number of nitrogens with zero attached hydrogens (tertiary/aromatic N) is 1. The zero-order valence-electron chi connectivity index (χ0n) is 6.99. The zero-order chi connectivity index (χ0) is 10.1. The van der Waals surface area contributed by atoms with Crippen molar-refractivity contribution in [2.45, 2.75) is 0 Å². The van der Waals surface area contributed by atoms with Crippen LogP contribution >= 0.6 is 15.9 Å². The third-order valence-electron chi connectivity index (χ3n) is 1.69. The van der Waals surface area contributed by atoms with Crippen molar-refractivity contribution in [1.82, 2.24) is 4.98 Å². The molecule has 1 N–H and O–H groups in total. The fraction of sp³-hybridized carbons (Fsp3) is 0.250. The zero-order valence-corrected chi connectivity index (χ0v) is 8.57. The molecule has 1 aromatic heterocycles. The van der Waals surface area contributed by atoms with Gasteiger partial charge in [0.1, 0.15) is 13.2 Å². The molecule has 0 saturated heterocycles. The van der Waals surface area contributed by atoms with Gasteiger partial charge in [-0.1, -0.05) is 0 Å². The largest absolute Gasteiger partial charge is 0.484 e. The SMILES string of the molecule is O=C(O)c1nc2c(cc1Br)OCCO2. The van der Waals surface area contributed by atoms with Crippen molar-refractivity contribution in [3.63, 3.8) is 0 Å². The maximum absolute atomic E-state index is 10.7. The van der Waals surface area contributed by atoms with Gasteiger partial charge in [0, 0.05) is 6.07 Å². The van der Waals surface area contributed by atoms with Crippen LogP contribution in [-0.2, 0) is 0 Å². The summed E-state index contributed by atoms with van der Waals surface area (Å²) in [5.74, 6) is -0.404. The summed E-state index contributed by atoms with van der Waals surface area (Å²) in [6.45, 7) is 0.841. The van der Waals surface area contributed by atoms with Gasteiger partial charge in [-0.05, 0) is 15.9 Å². The third-order valence-corrected chi connectivity index (χ3v) is 2.29. The molecule has 74 valence electrons. The first-order valence-corrected chi connectivity index (χ1v) is 4.67. The van der Waals surface area contributed by atoms with E-state index in [1.807, 2.05) is 0 Å². The molecule has 0 unspecified atom stereocenters. The molecule has 5 nitrogen and oxygen atoms in total. The van der Waals surface area contributed by atoms with Crippen molar-refractivity contribution in [2.24, 2.45) is 0 Å². The van der Waals surface area contributed by atoms with Crippen molar-refractivity contribution >= 4 is 21.9 Å². The molecule has 2 rings (SSSR count). The molecular weight excluding hydrogens is 254 g/mol. The molecule has 6 heteroatoms. The molecule has 1 aliphatic heterocycles. The summed E-state index contributed by atoms with van der Waals surface area (Å²) in [5, 5.41) is 8.78. The smallest absolute Gasteiger partial charge is 0.355 e.